The molecule has 0 saturated heterocycles. The third kappa shape index (κ3) is 3.55. The van der Waals surface area contributed by atoms with Crippen LogP contribution in [0.5, 0.6) is 0 Å². The normalized spacial score (nSPS) is 17.0. The monoisotopic (exact) mass is 362 g/mol. The standard InChI is InChI=1S/C16H12Cl2N4O2/c17-11-2-1-7-19-15(11)16(24)20-10-5-3-9(4-6-10)14-12(18)8-13(23)21-22-14/h1-7,12H,8H2,(H,20,24)(H,21,23). The average Bonchev–Trinajstić information content (AvgIpc) is 2.56. The minimum absolute atomic E-state index is 0.156. The van der Waals surface area contributed by atoms with Crippen LogP contribution in [0, 0.1) is 0 Å². The van der Waals surface area contributed by atoms with Crippen molar-refractivity contribution in [2.24, 2.45) is 5.10 Å². The minimum atomic E-state index is -0.480. The van der Waals surface area contributed by atoms with E-state index in [1.54, 1.807) is 36.4 Å². The van der Waals surface area contributed by atoms with Gasteiger partial charge in [0.25, 0.3) is 5.91 Å². The third-order valence-corrected chi connectivity index (χ3v) is 4.04. The van der Waals surface area contributed by atoms with Crippen LogP contribution < -0.4 is 10.7 Å². The van der Waals surface area contributed by atoms with Crippen LogP contribution in [0.15, 0.2) is 47.7 Å². The van der Waals surface area contributed by atoms with Gasteiger partial charge in [-0.1, -0.05) is 23.7 Å². The van der Waals surface area contributed by atoms with Crippen LogP contribution >= 0.6 is 23.2 Å². The van der Waals surface area contributed by atoms with E-state index in [4.69, 9.17) is 23.2 Å². The number of nitrogens with one attached hydrogen (secondary N) is 2. The summed E-state index contributed by atoms with van der Waals surface area (Å²) >= 11 is 12.1. The number of hydrogen-bond donors (Lipinski definition) is 2. The Hall–Kier alpha value is -2.44. The topological polar surface area (TPSA) is 83.5 Å². The summed E-state index contributed by atoms with van der Waals surface area (Å²) < 4.78 is 0. The van der Waals surface area contributed by atoms with E-state index in [9.17, 15) is 9.59 Å². The van der Waals surface area contributed by atoms with Gasteiger partial charge < -0.3 is 5.32 Å². The van der Waals surface area contributed by atoms with Gasteiger partial charge in [0.1, 0.15) is 5.69 Å². The van der Waals surface area contributed by atoms with E-state index in [0.29, 0.717) is 11.4 Å². The Labute approximate surface area is 147 Å². The zero-order valence-electron chi connectivity index (χ0n) is 12.3. The fourth-order valence-electron chi connectivity index (χ4n) is 2.21. The molecule has 0 saturated carbocycles. The number of carbonyl (C=O) groups is 2. The molecule has 2 heterocycles. The van der Waals surface area contributed by atoms with Gasteiger partial charge in [0, 0.05) is 11.9 Å². The van der Waals surface area contributed by atoms with E-state index in [2.05, 4.69) is 20.8 Å². The van der Waals surface area contributed by atoms with Gasteiger partial charge in [-0.05, 0) is 29.8 Å². The number of benzene rings is 1. The number of hydrogen-bond acceptors (Lipinski definition) is 4. The molecule has 1 atom stereocenters. The second-order valence-corrected chi connectivity index (χ2v) is 6.00. The molecule has 8 heteroatoms. The lowest BCUT2D eigenvalue weighted by molar-refractivity contribution is -0.121. The molecule has 1 aliphatic heterocycles. The minimum Gasteiger partial charge on any atom is -0.321 e. The Morgan fingerprint density at radius 1 is 1.25 bits per heavy atom. The zero-order valence-corrected chi connectivity index (χ0v) is 13.8. The van der Waals surface area contributed by atoms with Crippen LogP contribution in [0.25, 0.3) is 0 Å². The van der Waals surface area contributed by atoms with Crippen molar-refractivity contribution < 1.29 is 9.59 Å². The van der Waals surface area contributed by atoms with Crippen LogP contribution in [-0.2, 0) is 4.79 Å². The molecule has 2 aromatic rings. The lowest BCUT2D eigenvalue weighted by atomic mass is 10.0. The molecule has 1 unspecified atom stereocenters. The number of anilines is 1. The van der Waals surface area contributed by atoms with Crippen LogP contribution in [0.1, 0.15) is 22.5 Å². The van der Waals surface area contributed by atoms with Crippen molar-refractivity contribution in [1.82, 2.24) is 10.4 Å². The number of halogens is 2. The number of rotatable bonds is 3. The van der Waals surface area contributed by atoms with Crippen LogP contribution in [0.3, 0.4) is 0 Å². The van der Waals surface area contributed by atoms with Crippen molar-refractivity contribution in [3.63, 3.8) is 0 Å². The highest BCUT2D eigenvalue weighted by molar-refractivity contribution is 6.36. The molecule has 0 spiro atoms. The molecule has 0 fully saturated rings. The SMILES string of the molecule is O=C1CC(Cl)C(c2ccc(NC(=O)c3ncccc3Cl)cc2)=NN1. The molecular formula is C16H12Cl2N4O2. The molecule has 0 bridgehead atoms. The van der Waals surface area contributed by atoms with E-state index in [0.717, 1.165) is 5.56 Å². The molecular weight excluding hydrogens is 351 g/mol. The molecule has 122 valence electrons. The van der Waals surface area contributed by atoms with Gasteiger partial charge in [0.2, 0.25) is 5.91 Å². The van der Waals surface area contributed by atoms with E-state index < -0.39 is 11.3 Å². The Balaban J connectivity index is 1.75. The Morgan fingerprint density at radius 2 is 2.00 bits per heavy atom. The van der Waals surface area contributed by atoms with Gasteiger partial charge in [0.15, 0.2) is 0 Å². The average molecular weight is 363 g/mol. The van der Waals surface area contributed by atoms with Gasteiger partial charge in [0.05, 0.1) is 22.5 Å². The van der Waals surface area contributed by atoms with Gasteiger partial charge in [-0.15, -0.1) is 11.6 Å². The summed E-state index contributed by atoms with van der Waals surface area (Å²) in [4.78, 5) is 27.3. The van der Waals surface area contributed by atoms with Gasteiger partial charge in [-0.2, -0.15) is 5.10 Å². The Bertz CT molecular complexity index is 821. The van der Waals surface area contributed by atoms with E-state index in [1.165, 1.54) is 6.20 Å². The lowest BCUT2D eigenvalue weighted by Crippen LogP contribution is -2.34. The van der Waals surface area contributed by atoms with Crippen LogP contribution in [-0.4, -0.2) is 27.9 Å². The number of alkyl halides is 1. The predicted molar refractivity (Wildman–Crippen MR) is 92.6 cm³/mol. The first kappa shape index (κ1) is 16.4. The largest absolute Gasteiger partial charge is 0.321 e. The maximum atomic E-state index is 12.2. The maximum absolute atomic E-state index is 12.2. The van der Waals surface area contributed by atoms with E-state index in [1.807, 2.05) is 0 Å². The Morgan fingerprint density at radius 3 is 2.67 bits per heavy atom. The Kier molecular flexibility index (Phi) is 4.78. The summed E-state index contributed by atoms with van der Waals surface area (Å²) in [6, 6.07) is 10.2. The zero-order chi connectivity index (χ0) is 17.1. The molecule has 0 radical (unpaired) electrons. The molecule has 6 nitrogen and oxygen atoms in total. The molecule has 24 heavy (non-hydrogen) atoms. The summed E-state index contributed by atoms with van der Waals surface area (Å²) in [6.45, 7) is 0. The lowest BCUT2D eigenvalue weighted by Gasteiger charge is -2.17. The summed E-state index contributed by atoms with van der Waals surface area (Å²) in [6.07, 6.45) is 1.68. The summed E-state index contributed by atoms with van der Waals surface area (Å²) in [5, 5.41) is 6.50. The van der Waals surface area contributed by atoms with Gasteiger partial charge >= 0.3 is 0 Å². The molecule has 3 rings (SSSR count). The molecule has 2 amide bonds. The van der Waals surface area contributed by atoms with Crippen molar-refractivity contribution in [1.29, 1.82) is 0 Å². The van der Waals surface area contributed by atoms with Crippen molar-refractivity contribution in [3.8, 4) is 0 Å². The highest BCUT2D eigenvalue weighted by Gasteiger charge is 2.23. The first-order chi connectivity index (χ1) is 11.5. The van der Waals surface area contributed by atoms with Crippen LogP contribution in [0.2, 0.25) is 5.02 Å². The number of pyridine rings is 1. The third-order valence-electron chi connectivity index (χ3n) is 3.37. The first-order valence-corrected chi connectivity index (χ1v) is 7.89. The van der Waals surface area contributed by atoms with Crippen molar-refractivity contribution >= 4 is 46.4 Å². The highest BCUT2D eigenvalue weighted by atomic mass is 35.5. The number of aromatic nitrogens is 1. The number of nitrogens with zero attached hydrogens (tertiary/aromatic N) is 2. The van der Waals surface area contributed by atoms with Gasteiger partial charge in [-0.25, -0.2) is 10.4 Å². The second kappa shape index (κ2) is 6.98. The predicted octanol–water partition coefficient (Wildman–Crippen LogP) is 2.82. The maximum Gasteiger partial charge on any atom is 0.275 e. The van der Waals surface area contributed by atoms with Crippen molar-refractivity contribution in [3.05, 3.63) is 58.9 Å². The fourth-order valence-corrected chi connectivity index (χ4v) is 2.73. The number of hydrazone groups is 1. The summed E-state index contributed by atoms with van der Waals surface area (Å²) in [5.41, 5.74) is 4.50. The van der Waals surface area contributed by atoms with E-state index >= 15 is 0 Å². The van der Waals surface area contributed by atoms with Gasteiger partial charge in [-0.3, -0.25) is 9.59 Å². The molecule has 1 aliphatic rings. The van der Waals surface area contributed by atoms with Crippen molar-refractivity contribution in [2.75, 3.05) is 5.32 Å². The molecule has 2 N–H and O–H groups in total. The summed E-state index contributed by atoms with van der Waals surface area (Å²) in [5.74, 6) is -0.610. The quantitative estimate of drug-likeness (QED) is 0.823. The van der Waals surface area contributed by atoms with Crippen LogP contribution in [0.4, 0.5) is 5.69 Å². The highest BCUT2D eigenvalue weighted by Crippen LogP contribution is 2.19. The summed E-state index contributed by atoms with van der Waals surface area (Å²) in [7, 11) is 0. The van der Waals surface area contributed by atoms with E-state index in [-0.39, 0.29) is 23.0 Å². The second-order valence-electron chi connectivity index (χ2n) is 5.07. The molecule has 1 aromatic heterocycles. The molecule has 1 aromatic carbocycles. The number of carbonyl (C=O) groups excluding carboxylic acids is 2. The molecule has 0 aliphatic carbocycles. The smallest absolute Gasteiger partial charge is 0.275 e. The number of amides is 2. The van der Waals surface area contributed by atoms with Crippen molar-refractivity contribution in [2.45, 2.75) is 11.8 Å². The fraction of sp³-hybridized carbons (Fsp3) is 0.125. The first-order valence-electron chi connectivity index (χ1n) is 7.07.